The van der Waals surface area contributed by atoms with Gasteiger partial charge in [0.05, 0.1) is 82.1 Å². The van der Waals surface area contributed by atoms with Gasteiger partial charge in [0.2, 0.25) is 28.9 Å². The van der Waals surface area contributed by atoms with Crippen molar-refractivity contribution in [2.24, 2.45) is 25.0 Å². The Hall–Kier alpha value is -12.7. The molecule has 0 radical (unpaired) electrons. The van der Waals surface area contributed by atoms with Gasteiger partial charge < -0.3 is 55.1 Å². The molecular formula is C96H77Cl2FN14O11S3. The van der Waals surface area contributed by atoms with Crippen LogP contribution in [0.25, 0.3) is 32.0 Å². The summed E-state index contributed by atoms with van der Waals surface area (Å²) in [6, 6.07) is 53.5. The number of nitriles is 1. The second-order valence-corrected chi connectivity index (χ2v) is 37.1. The third-order valence-corrected chi connectivity index (χ3v) is 28.1. The monoisotopic (exact) mass is 1790 g/mol. The van der Waals surface area contributed by atoms with Crippen LogP contribution in [0.3, 0.4) is 0 Å². The lowest BCUT2D eigenvalue weighted by molar-refractivity contribution is 0.0599. The number of pyridine rings is 2. The van der Waals surface area contributed by atoms with Crippen molar-refractivity contribution < 1.29 is 59.0 Å². The summed E-state index contributed by atoms with van der Waals surface area (Å²) >= 11 is 16.6. The topological polar surface area (TPSA) is 347 Å². The number of carbonyl (C=O) groups is 5. The van der Waals surface area contributed by atoms with Crippen molar-refractivity contribution in [2.75, 3.05) is 57.2 Å². The number of aliphatic hydroxyl groups excluding tert-OH is 1. The Kier molecular flexibility index (Phi) is 20.9. The maximum absolute atomic E-state index is 13.9. The summed E-state index contributed by atoms with van der Waals surface area (Å²) in [7, 11) is 0. The normalized spacial score (nSPS) is 21.8. The number of rotatable bonds is 6. The van der Waals surface area contributed by atoms with Gasteiger partial charge in [0.1, 0.15) is 41.1 Å². The molecule has 15 heterocycles. The number of thiazole rings is 1. The van der Waals surface area contributed by atoms with Gasteiger partial charge in [0.15, 0.2) is 28.0 Å². The lowest BCUT2D eigenvalue weighted by Crippen LogP contribution is -2.48. The van der Waals surface area contributed by atoms with Gasteiger partial charge in [-0.3, -0.25) is 33.9 Å². The predicted molar refractivity (Wildman–Crippen MR) is 495 cm³/mol. The first-order chi connectivity index (χ1) is 60.9. The summed E-state index contributed by atoms with van der Waals surface area (Å²) in [5, 5.41) is 76.3. The number of amidine groups is 5. The van der Waals surface area contributed by atoms with Crippen LogP contribution in [0.15, 0.2) is 213 Å². The molecule has 0 saturated carbocycles. The number of carbonyl (C=O) groups excluding carboxylic acids is 5. The standard InChI is InChI=1S/C22H19N3O2.C19H17ClN2O3.C19H14FN3O2S.C19H15N3O2S.C17H12ClN3O2S/c1-13-3-5-19-17(10-13)20(26)22(27)7-8-25(21(22)24-19)16-4-6-18-15(11-16)9-14(2)12-23-18;1-11-2-5-16-14(8-11)17(24)19(25)6-7-22(18(19)21-16)13-4-3-12(10-23)15(20)9-13;1-10-6-15-12(8-13(10)20)17(24)19(25)4-5-23(18(19)22-15)11-2-3-14-16(7-11)26-9-21-14;1-11-9-15-16(25-11)17(23)19(24)6-8-22(18(19)21-15)13-4-5-14-12(10-13)3-2-7-20-14;1-9-6-13-14(24-9)15(22)17(23)4-5-21(16(17)20-13)11-3-2-10(8-19)12(18)7-11/h3-6,9-12,27H,7-8H2,1-2H3;2-5,8-9,23,25H,6-7,10H2,1H3;2-3,6-9,25H,4-5H2,1H3;2-5,7,9-10,24H,6,8H2,1H3;2-3,6-7,23H,4-5H2,1H3/t22-;3*19-;17-/m11111/s1. The molecule has 6 N–H and O–H groups in total. The van der Waals surface area contributed by atoms with Gasteiger partial charge >= 0.3 is 0 Å². The van der Waals surface area contributed by atoms with Crippen LogP contribution in [0.5, 0.6) is 0 Å². The molecule has 5 fully saturated rings. The van der Waals surface area contributed by atoms with Crippen LogP contribution in [0.1, 0.15) is 126 Å². The molecule has 0 aliphatic carbocycles. The molecule has 23 rings (SSSR count). The van der Waals surface area contributed by atoms with E-state index in [1.165, 1.54) is 40.1 Å². The number of aryl methyl sites for hydroxylation is 6. The van der Waals surface area contributed by atoms with Crippen molar-refractivity contribution in [2.45, 2.75) is 108 Å². The van der Waals surface area contributed by atoms with Gasteiger partial charge in [0, 0.05) is 148 Å². The highest BCUT2D eigenvalue weighted by atomic mass is 35.5. The van der Waals surface area contributed by atoms with Crippen molar-refractivity contribution in [3.05, 3.63) is 273 Å². The first-order valence-corrected chi connectivity index (χ1v) is 44.2. The first kappa shape index (κ1) is 83.9. The molecule has 10 aliphatic heterocycles. The van der Waals surface area contributed by atoms with Crippen molar-refractivity contribution in [1.82, 2.24) is 15.0 Å². The van der Waals surface area contributed by atoms with E-state index in [1.807, 2.05) is 170 Å². The van der Waals surface area contributed by atoms with Crippen LogP contribution in [-0.4, -0.2) is 164 Å². The Bertz CT molecular complexity index is 7180. The van der Waals surface area contributed by atoms with Gasteiger partial charge in [-0.25, -0.2) is 34.3 Å². The van der Waals surface area contributed by atoms with Gasteiger partial charge in [0.25, 0.3) is 0 Å². The van der Waals surface area contributed by atoms with Crippen LogP contribution in [0, 0.1) is 58.7 Å². The predicted octanol–water partition coefficient (Wildman–Crippen LogP) is 17.3. The SMILES string of the molecule is Cc1cc2c(cc1F)C(=O)[C@]1(O)CCN(c3ccc4ncsc4c3)C1=N2.Cc1cc2c(s1)C(=O)[C@]1(O)CCN(c3ccc(C#N)c(Cl)c3)C1=N2.Cc1cc2c(s1)C(=O)[C@]1(O)CCN(c3ccc4ncccc4c3)C1=N2.Cc1ccc2c(c1)C(=O)[C@]1(O)CCN(c3ccc(CO)c(Cl)c3)C1=N2.Cc1ccc2c(c1)C(=O)[C@]1(O)CCN(c3ccc4ncc(C)cc4c3)C1=N2. The van der Waals surface area contributed by atoms with Gasteiger partial charge in [-0.15, -0.1) is 34.0 Å². The van der Waals surface area contributed by atoms with E-state index in [1.54, 1.807) is 78.1 Å². The van der Waals surface area contributed by atoms with E-state index in [4.69, 9.17) is 28.5 Å². The zero-order valence-electron chi connectivity index (χ0n) is 69.0. The number of nitrogens with zero attached hydrogens (tertiary/aromatic N) is 14. The zero-order chi connectivity index (χ0) is 88.8. The maximum atomic E-state index is 13.9. The quantitative estimate of drug-likeness (QED) is 0.0900. The summed E-state index contributed by atoms with van der Waals surface area (Å²) in [5.74, 6) is -0.204. The third-order valence-electron chi connectivity index (χ3n) is 24.6. The van der Waals surface area contributed by atoms with E-state index < -0.39 is 39.6 Å². The van der Waals surface area contributed by atoms with Crippen LogP contribution < -0.4 is 24.5 Å². The molecule has 25 nitrogen and oxygen atoms in total. The van der Waals surface area contributed by atoms with Crippen LogP contribution in [0.2, 0.25) is 10.0 Å². The molecular weight excluding hydrogens is 1710 g/mol. The molecule has 0 unspecified atom stereocenters. The third kappa shape index (κ3) is 14.2. The second kappa shape index (κ2) is 31.7. The summed E-state index contributed by atoms with van der Waals surface area (Å²) in [4.78, 5) is 113. The first-order valence-electron chi connectivity index (χ1n) is 40.9. The molecule has 31 heteroatoms. The van der Waals surface area contributed by atoms with Crippen LogP contribution >= 0.6 is 57.2 Å². The Balaban J connectivity index is 0.000000104. The summed E-state index contributed by atoms with van der Waals surface area (Å²) < 4.78 is 14.9. The van der Waals surface area contributed by atoms with Crippen molar-refractivity contribution in [3.63, 3.8) is 0 Å². The Labute approximate surface area is 748 Å². The largest absolute Gasteiger partial charge is 0.392 e. The van der Waals surface area contributed by atoms with Crippen molar-refractivity contribution >= 4 is 204 Å². The number of hydrogen-bond donors (Lipinski definition) is 6. The number of benzene rings is 8. The number of thiophene rings is 2. The maximum Gasteiger partial charge on any atom is 0.214 e. The number of fused-ring (bicyclic) bond motifs is 13. The van der Waals surface area contributed by atoms with Crippen molar-refractivity contribution in [1.29, 1.82) is 5.26 Å². The van der Waals surface area contributed by atoms with Gasteiger partial charge in [-0.05, 0) is 204 Å². The number of anilines is 5. The minimum Gasteiger partial charge on any atom is -0.392 e. The summed E-state index contributed by atoms with van der Waals surface area (Å²) in [5.41, 5.74) is 9.08. The number of halogens is 3. The molecule has 5 saturated heterocycles. The Morgan fingerprint density at radius 3 is 1.34 bits per heavy atom. The number of hydrogen-bond acceptors (Lipinski definition) is 28. The Morgan fingerprint density at radius 1 is 0.425 bits per heavy atom. The minimum absolute atomic E-state index is 0.138. The highest BCUT2D eigenvalue weighted by Gasteiger charge is 2.58. The summed E-state index contributed by atoms with van der Waals surface area (Å²) in [6.45, 7) is 13.7. The lowest BCUT2D eigenvalue weighted by Gasteiger charge is -2.30. The molecule has 5 aromatic heterocycles. The average Bonchev–Trinajstić information content (AvgIpc) is 1.64. The second-order valence-electron chi connectivity index (χ2n) is 32.9. The number of aliphatic hydroxyl groups is 6. The fourth-order valence-corrected chi connectivity index (χ4v) is 20.9. The smallest absolute Gasteiger partial charge is 0.214 e. The molecule has 8 aromatic carbocycles. The number of aliphatic imine (C=N–C) groups is 5. The Morgan fingerprint density at radius 2 is 0.850 bits per heavy atom. The van der Waals surface area contributed by atoms with Gasteiger partial charge in [-0.2, -0.15) is 5.26 Å². The molecule has 5 atom stereocenters. The molecule has 13 aromatic rings. The fourth-order valence-electron chi connectivity index (χ4n) is 17.8. The molecule has 0 spiro atoms. The molecule has 127 heavy (non-hydrogen) atoms. The minimum atomic E-state index is -1.71. The average molecular weight is 1790 g/mol. The highest BCUT2D eigenvalue weighted by molar-refractivity contribution is 7.17. The van der Waals surface area contributed by atoms with E-state index in [0.717, 1.165) is 81.2 Å². The highest BCUT2D eigenvalue weighted by Crippen LogP contribution is 2.49. The van der Waals surface area contributed by atoms with Gasteiger partial charge in [-0.1, -0.05) is 58.6 Å². The number of Topliss-reactive ketones (excluding diaryl/α,β-unsaturated/α-hetero) is 5. The lowest BCUT2D eigenvalue weighted by atomic mass is 9.87. The van der Waals surface area contributed by atoms with E-state index in [0.29, 0.717) is 156 Å². The van der Waals surface area contributed by atoms with E-state index in [9.17, 15) is 59.0 Å². The van der Waals surface area contributed by atoms with E-state index in [-0.39, 0.29) is 54.6 Å². The fraction of sp³-hybridized carbons (Fsp3) is 0.229. The molecule has 10 aliphatic rings. The zero-order valence-corrected chi connectivity index (χ0v) is 73.0. The molecule has 0 bridgehead atoms. The van der Waals surface area contributed by atoms with E-state index >= 15 is 0 Å². The van der Waals surface area contributed by atoms with E-state index in [2.05, 4.69) is 46.0 Å². The van der Waals surface area contributed by atoms with Crippen molar-refractivity contribution in [3.8, 4) is 6.07 Å². The summed E-state index contributed by atoms with van der Waals surface area (Å²) in [6.07, 6.45) is 5.07. The van der Waals surface area contributed by atoms with Crippen LogP contribution in [-0.2, 0) is 6.61 Å². The molecule has 0 amide bonds. The number of ketones is 5. The molecule has 636 valence electrons. The van der Waals surface area contributed by atoms with Crippen LogP contribution in [0.4, 0.5) is 61.3 Å². The number of aromatic nitrogens is 3.